The summed E-state index contributed by atoms with van der Waals surface area (Å²) in [6, 6.07) is 7.85. The Morgan fingerprint density at radius 2 is 2.26 bits per heavy atom. The van der Waals surface area contributed by atoms with Gasteiger partial charge in [0.05, 0.1) is 34.6 Å². The predicted octanol–water partition coefficient (Wildman–Crippen LogP) is 3.45. The number of benzene rings is 1. The number of hydrogen-bond donors (Lipinski definition) is 0. The van der Waals surface area contributed by atoms with Crippen molar-refractivity contribution in [2.45, 2.75) is 0 Å². The number of amides is 1. The number of rotatable bonds is 6. The number of carbonyl (C=O) groups is 1. The van der Waals surface area contributed by atoms with Crippen LogP contribution in [0.15, 0.2) is 41.2 Å². The zero-order chi connectivity index (χ0) is 16.1. The first kappa shape index (κ1) is 15.8. The number of thiazole rings is 2. The quantitative estimate of drug-likeness (QED) is 0.642. The lowest BCUT2D eigenvalue weighted by atomic mass is 10.3. The molecule has 0 spiro atoms. The summed E-state index contributed by atoms with van der Waals surface area (Å²) in [7, 11) is 1.62. The second-order valence-corrected chi connectivity index (χ2v) is 6.42. The van der Waals surface area contributed by atoms with Gasteiger partial charge in [-0.2, -0.15) is 0 Å². The first-order chi connectivity index (χ1) is 11.3. The summed E-state index contributed by atoms with van der Waals surface area (Å²) >= 11 is 2.99. The minimum absolute atomic E-state index is 0.130. The molecule has 1 aromatic carbocycles. The van der Waals surface area contributed by atoms with E-state index < -0.39 is 0 Å². The summed E-state index contributed by atoms with van der Waals surface area (Å²) in [5, 5.41) is 2.57. The van der Waals surface area contributed by atoms with Gasteiger partial charge in [0, 0.05) is 18.6 Å². The van der Waals surface area contributed by atoms with E-state index in [2.05, 4.69) is 9.97 Å². The predicted molar refractivity (Wildman–Crippen MR) is 95.0 cm³/mol. The highest BCUT2D eigenvalue weighted by Gasteiger charge is 2.17. The molecule has 0 saturated heterocycles. The maximum atomic E-state index is 12.5. The normalized spacial score (nSPS) is 11.3. The SMILES string of the molecule is COCCN(C(=O)C=Cc1cscn1)c1nc2ccccc2s1. The van der Waals surface area contributed by atoms with E-state index in [1.807, 2.05) is 29.6 Å². The van der Waals surface area contributed by atoms with Crippen LogP contribution in [0.5, 0.6) is 0 Å². The molecule has 0 unspecified atom stereocenters. The number of methoxy groups -OCH3 is 1. The molecule has 0 aliphatic heterocycles. The van der Waals surface area contributed by atoms with Gasteiger partial charge in [-0.25, -0.2) is 9.97 Å². The van der Waals surface area contributed by atoms with Crippen LogP contribution in [0.4, 0.5) is 5.13 Å². The van der Waals surface area contributed by atoms with Gasteiger partial charge in [0.15, 0.2) is 5.13 Å². The van der Waals surface area contributed by atoms with Gasteiger partial charge in [0.1, 0.15) is 0 Å². The van der Waals surface area contributed by atoms with E-state index in [1.54, 1.807) is 23.6 Å². The minimum Gasteiger partial charge on any atom is -0.383 e. The zero-order valence-electron chi connectivity index (χ0n) is 12.5. The van der Waals surface area contributed by atoms with E-state index in [4.69, 9.17) is 4.74 Å². The fourth-order valence-electron chi connectivity index (χ4n) is 2.01. The molecule has 1 amide bonds. The summed E-state index contributed by atoms with van der Waals surface area (Å²) in [4.78, 5) is 22.9. The second kappa shape index (κ2) is 7.45. The Labute approximate surface area is 141 Å². The van der Waals surface area contributed by atoms with E-state index >= 15 is 0 Å². The van der Waals surface area contributed by atoms with E-state index in [-0.39, 0.29) is 5.91 Å². The Hall–Kier alpha value is -2.09. The van der Waals surface area contributed by atoms with Crippen molar-refractivity contribution in [2.75, 3.05) is 25.2 Å². The number of hydrogen-bond acceptors (Lipinski definition) is 6. The minimum atomic E-state index is -0.130. The second-order valence-electron chi connectivity index (χ2n) is 4.69. The Balaban J connectivity index is 1.85. The lowest BCUT2D eigenvalue weighted by Crippen LogP contribution is -2.32. The molecule has 0 aliphatic carbocycles. The molecule has 0 radical (unpaired) electrons. The Bertz CT molecular complexity index is 779. The van der Waals surface area contributed by atoms with E-state index in [9.17, 15) is 4.79 Å². The first-order valence-corrected chi connectivity index (χ1v) is 8.76. The molecule has 0 atom stereocenters. The Morgan fingerprint density at radius 1 is 1.39 bits per heavy atom. The molecular formula is C16H15N3O2S2. The molecule has 0 fully saturated rings. The molecule has 118 valence electrons. The molecule has 0 bridgehead atoms. The van der Waals surface area contributed by atoms with Gasteiger partial charge in [0.2, 0.25) is 0 Å². The van der Waals surface area contributed by atoms with Crippen LogP contribution in [0.25, 0.3) is 16.3 Å². The standard InChI is InChI=1S/C16H15N3O2S2/c1-21-9-8-19(15(20)7-6-12-10-22-11-17-12)16-18-13-4-2-3-5-14(13)23-16/h2-7,10-11H,8-9H2,1H3. The number of aromatic nitrogens is 2. The van der Waals surface area contributed by atoms with Crippen molar-refractivity contribution < 1.29 is 9.53 Å². The fraction of sp³-hybridized carbons (Fsp3) is 0.188. The molecule has 2 heterocycles. The van der Waals surface area contributed by atoms with E-state index in [1.165, 1.54) is 28.7 Å². The summed E-state index contributed by atoms with van der Waals surface area (Å²) < 4.78 is 6.17. The third kappa shape index (κ3) is 3.82. The average Bonchev–Trinajstić information content (AvgIpc) is 3.22. The molecule has 23 heavy (non-hydrogen) atoms. The van der Waals surface area contributed by atoms with Gasteiger partial charge >= 0.3 is 0 Å². The van der Waals surface area contributed by atoms with Crippen LogP contribution in [0.3, 0.4) is 0 Å². The monoisotopic (exact) mass is 345 g/mol. The van der Waals surface area contributed by atoms with Crippen molar-refractivity contribution in [3.8, 4) is 0 Å². The number of fused-ring (bicyclic) bond motifs is 1. The van der Waals surface area contributed by atoms with Gasteiger partial charge in [-0.3, -0.25) is 9.69 Å². The lowest BCUT2D eigenvalue weighted by Gasteiger charge is -2.17. The highest BCUT2D eigenvalue weighted by Crippen LogP contribution is 2.28. The average molecular weight is 345 g/mol. The van der Waals surface area contributed by atoms with Gasteiger partial charge in [-0.1, -0.05) is 23.5 Å². The van der Waals surface area contributed by atoms with Crippen LogP contribution >= 0.6 is 22.7 Å². The van der Waals surface area contributed by atoms with Crippen molar-refractivity contribution in [3.63, 3.8) is 0 Å². The highest BCUT2D eigenvalue weighted by molar-refractivity contribution is 7.22. The van der Waals surface area contributed by atoms with Crippen molar-refractivity contribution in [3.05, 3.63) is 46.9 Å². The molecule has 2 aromatic heterocycles. The van der Waals surface area contributed by atoms with E-state index in [0.717, 1.165) is 15.9 Å². The van der Waals surface area contributed by atoms with Crippen LogP contribution < -0.4 is 4.90 Å². The summed E-state index contributed by atoms with van der Waals surface area (Å²) in [6.45, 7) is 0.906. The number of anilines is 1. The Morgan fingerprint density at radius 3 is 3.00 bits per heavy atom. The van der Waals surface area contributed by atoms with Crippen LogP contribution in [0.1, 0.15) is 5.69 Å². The topological polar surface area (TPSA) is 55.3 Å². The van der Waals surface area contributed by atoms with Crippen LogP contribution in [-0.2, 0) is 9.53 Å². The zero-order valence-corrected chi connectivity index (χ0v) is 14.1. The molecule has 3 aromatic rings. The van der Waals surface area contributed by atoms with Crippen molar-refractivity contribution in [1.29, 1.82) is 0 Å². The molecule has 0 N–H and O–H groups in total. The molecule has 7 heteroatoms. The summed E-state index contributed by atoms with van der Waals surface area (Å²) in [6.07, 6.45) is 3.24. The molecule has 0 saturated carbocycles. The Kier molecular flexibility index (Phi) is 5.12. The maximum absolute atomic E-state index is 12.5. The van der Waals surface area contributed by atoms with Gasteiger partial charge in [-0.05, 0) is 18.2 Å². The van der Waals surface area contributed by atoms with Gasteiger partial charge in [0.25, 0.3) is 5.91 Å². The van der Waals surface area contributed by atoms with Crippen molar-refractivity contribution >= 4 is 50.0 Å². The van der Waals surface area contributed by atoms with Crippen LogP contribution in [-0.4, -0.2) is 36.1 Å². The molecule has 5 nitrogen and oxygen atoms in total. The van der Waals surface area contributed by atoms with E-state index in [0.29, 0.717) is 18.3 Å². The number of carbonyl (C=O) groups excluding carboxylic acids is 1. The van der Waals surface area contributed by atoms with Crippen LogP contribution in [0, 0.1) is 0 Å². The maximum Gasteiger partial charge on any atom is 0.252 e. The van der Waals surface area contributed by atoms with Gasteiger partial charge in [-0.15, -0.1) is 11.3 Å². The fourth-order valence-corrected chi connectivity index (χ4v) is 3.53. The summed E-state index contributed by atoms with van der Waals surface area (Å²) in [5.41, 5.74) is 3.41. The number of ether oxygens (including phenoxy) is 1. The number of nitrogens with zero attached hydrogens (tertiary/aromatic N) is 3. The van der Waals surface area contributed by atoms with Crippen molar-refractivity contribution in [1.82, 2.24) is 9.97 Å². The third-order valence-corrected chi connectivity index (χ3v) is 4.81. The van der Waals surface area contributed by atoms with Crippen molar-refractivity contribution in [2.24, 2.45) is 0 Å². The number of para-hydroxylation sites is 1. The third-order valence-electron chi connectivity index (χ3n) is 3.15. The highest BCUT2D eigenvalue weighted by atomic mass is 32.1. The first-order valence-electron chi connectivity index (χ1n) is 7.00. The smallest absolute Gasteiger partial charge is 0.252 e. The molecular weight excluding hydrogens is 330 g/mol. The van der Waals surface area contributed by atoms with Gasteiger partial charge < -0.3 is 4.74 Å². The van der Waals surface area contributed by atoms with Crippen LogP contribution in [0.2, 0.25) is 0 Å². The lowest BCUT2D eigenvalue weighted by molar-refractivity contribution is -0.114. The largest absolute Gasteiger partial charge is 0.383 e. The summed E-state index contributed by atoms with van der Waals surface area (Å²) in [5.74, 6) is -0.130. The molecule has 3 rings (SSSR count). The molecule has 0 aliphatic rings.